The fourth-order valence-electron chi connectivity index (χ4n) is 3.19. The Morgan fingerprint density at radius 2 is 1.90 bits per heavy atom. The number of rotatable bonds is 3. The van der Waals surface area contributed by atoms with Crippen LogP contribution >= 0.6 is 0 Å². The molecule has 21 heavy (non-hydrogen) atoms. The molecule has 1 N–H and O–H groups in total. The molecule has 1 amide bonds. The fraction of sp³-hybridized carbons (Fsp3) is 0.562. The largest absolute Gasteiger partial charge is 0.376 e. The van der Waals surface area contributed by atoms with Gasteiger partial charge >= 0.3 is 0 Å². The standard InChI is InChI=1S/C16H20FNO3/c17-13-5-3-12(4-6-13)16(7-1-2-8-16)18-15(19)14-11-20-9-10-21-14/h3-6,14H,1-2,7-11H2,(H,18,19). The minimum atomic E-state index is -0.545. The quantitative estimate of drug-likeness (QED) is 0.928. The molecule has 4 nitrogen and oxygen atoms in total. The molecule has 0 aromatic heterocycles. The highest BCUT2D eigenvalue weighted by atomic mass is 19.1. The first-order valence-corrected chi connectivity index (χ1v) is 7.47. The first-order chi connectivity index (χ1) is 10.2. The van der Waals surface area contributed by atoms with E-state index < -0.39 is 11.6 Å². The van der Waals surface area contributed by atoms with Crippen LogP contribution in [0.3, 0.4) is 0 Å². The summed E-state index contributed by atoms with van der Waals surface area (Å²) in [5.41, 5.74) is 0.567. The topological polar surface area (TPSA) is 47.6 Å². The lowest BCUT2D eigenvalue weighted by Crippen LogP contribution is -2.51. The Hall–Kier alpha value is -1.46. The minimum absolute atomic E-state index is 0.138. The summed E-state index contributed by atoms with van der Waals surface area (Å²) in [5, 5.41) is 3.13. The van der Waals surface area contributed by atoms with Crippen LogP contribution in [0.4, 0.5) is 4.39 Å². The smallest absolute Gasteiger partial charge is 0.252 e. The lowest BCUT2D eigenvalue weighted by molar-refractivity contribution is -0.149. The molecular formula is C16H20FNO3. The van der Waals surface area contributed by atoms with Gasteiger partial charge in [0.05, 0.1) is 25.4 Å². The van der Waals surface area contributed by atoms with Gasteiger partial charge in [0, 0.05) is 0 Å². The molecule has 1 saturated heterocycles. The molecule has 1 atom stereocenters. The van der Waals surface area contributed by atoms with Crippen molar-refractivity contribution in [2.75, 3.05) is 19.8 Å². The Morgan fingerprint density at radius 1 is 1.19 bits per heavy atom. The van der Waals surface area contributed by atoms with E-state index in [0.29, 0.717) is 19.8 Å². The van der Waals surface area contributed by atoms with Crippen molar-refractivity contribution in [1.82, 2.24) is 5.32 Å². The molecular weight excluding hydrogens is 273 g/mol. The molecule has 114 valence electrons. The van der Waals surface area contributed by atoms with E-state index >= 15 is 0 Å². The molecule has 1 saturated carbocycles. The van der Waals surface area contributed by atoms with Crippen LogP contribution < -0.4 is 5.32 Å². The third-order valence-corrected chi connectivity index (χ3v) is 4.32. The SMILES string of the molecule is O=C(NC1(c2ccc(F)cc2)CCCC1)C1COCCO1. The summed E-state index contributed by atoms with van der Waals surface area (Å²) in [7, 11) is 0. The van der Waals surface area contributed by atoms with Crippen molar-refractivity contribution in [1.29, 1.82) is 0 Å². The fourth-order valence-corrected chi connectivity index (χ4v) is 3.19. The second-order valence-electron chi connectivity index (χ2n) is 5.72. The summed E-state index contributed by atoms with van der Waals surface area (Å²) in [6.45, 7) is 1.28. The van der Waals surface area contributed by atoms with E-state index in [1.165, 1.54) is 12.1 Å². The van der Waals surface area contributed by atoms with Crippen molar-refractivity contribution in [3.63, 3.8) is 0 Å². The second-order valence-corrected chi connectivity index (χ2v) is 5.72. The normalized spacial score (nSPS) is 24.7. The zero-order valence-electron chi connectivity index (χ0n) is 11.9. The van der Waals surface area contributed by atoms with Crippen LogP contribution in [0.5, 0.6) is 0 Å². The lowest BCUT2D eigenvalue weighted by atomic mass is 9.88. The molecule has 3 rings (SSSR count). The van der Waals surface area contributed by atoms with Gasteiger partial charge in [0.25, 0.3) is 5.91 Å². The second kappa shape index (κ2) is 6.12. The average Bonchev–Trinajstić information content (AvgIpc) is 2.98. The van der Waals surface area contributed by atoms with Gasteiger partial charge in [-0.3, -0.25) is 4.79 Å². The molecule has 0 bridgehead atoms. The van der Waals surface area contributed by atoms with Crippen molar-refractivity contribution in [3.05, 3.63) is 35.6 Å². The third kappa shape index (κ3) is 3.09. The molecule has 1 aromatic carbocycles. The predicted octanol–water partition coefficient (Wildman–Crippen LogP) is 2.13. The number of benzene rings is 1. The van der Waals surface area contributed by atoms with Gasteiger partial charge < -0.3 is 14.8 Å². The van der Waals surface area contributed by atoms with Gasteiger partial charge in [-0.2, -0.15) is 0 Å². The van der Waals surface area contributed by atoms with Crippen LogP contribution in [0.1, 0.15) is 31.2 Å². The first-order valence-electron chi connectivity index (χ1n) is 7.47. The zero-order chi connectivity index (χ0) is 14.7. The minimum Gasteiger partial charge on any atom is -0.376 e. The first kappa shape index (κ1) is 14.5. The molecule has 0 spiro atoms. The highest BCUT2D eigenvalue weighted by Crippen LogP contribution is 2.39. The van der Waals surface area contributed by atoms with Crippen molar-refractivity contribution in [2.24, 2.45) is 0 Å². The van der Waals surface area contributed by atoms with Crippen LogP contribution in [-0.4, -0.2) is 31.8 Å². The maximum absolute atomic E-state index is 13.1. The van der Waals surface area contributed by atoms with Crippen molar-refractivity contribution in [3.8, 4) is 0 Å². The van der Waals surface area contributed by atoms with Crippen molar-refractivity contribution >= 4 is 5.91 Å². The van der Waals surface area contributed by atoms with E-state index in [2.05, 4.69) is 5.32 Å². The summed E-state index contributed by atoms with van der Waals surface area (Å²) in [6.07, 6.45) is 3.31. The van der Waals surface area contributed by atoms with Crippen molar-refractivity contribution in [2.45, 2.75) is 37.3 Å². The molecule has 0 radical (unpaired) electrons. The highest BCUT2D eigenvalue weighted by Gasteiger charge is 2.39. The Morgan fingerprint density at radius 3 is 2.52 bits per heavy atom. The Balaban J connectivity index is 1.77. The Kier molecular flexibility index (Phi) is 4.22. The highest BCUT2D eigenvalue weighted by molar-refractivity contribution is 5.82. The molecule has 1 aliphatic carbocycles. The molecule has 5 heteroatoms. The average molecular weight is 293 g/mol. The van der Waals surface area contributed by atoms with Gasteiger partial charge in [-0.05, 0) is 30.5 Å². The van der Waals surface area contributed by atoms with Crippen LogP contribution in [0.2, 0.25) is 0 Å². The Bertz CT molecular complexity index is 491. The third-order valence-electron chi connectivity index (χ3n) is 4.32. The van der Waals surface area contributed by atoms with E-state index in [1.54, 1.807) is 12.1 Å². The van der Waals surface area contributed by atoms with E-state index in [0.717, 1.165) is 31.2 Å². The Labute approximate surface area is 123 Å². The molecule has 1 aromatic rings. The van der Waals surface area contributed by atoms with Crippen LogP contribution in [0.25, 0.3) is 0 Å². The van der Waals surface area contributed by atoms with Gasteiger partial charge in [-0.15, -0.1) is 0 Å². The number of nitrogens with one attached hydrogen (secondary N) is 1. The summed E-state index contributed by atoms with van der Waals surface area (Å²) in [4.78, 5) is 12.4. The van der Waals surface area contributed by atoms with Crippen LogP contribution in [0.15, 0.2) is 24.3 Å². The zero-order valence-corrected chi connectivity index (χ0v) is 11.9. The summed E-state index contributed by atoms with van der Waals surface area (Å²) >= 11 is 0. The summed E-state index contributed by atoms with van der Waals surface area (Å²) in [6, 6.07) is 6.42. The summed E-state index contributed by atoms with van der Waals surface area (Å²) < 4.78 is 23.9. The molecule has 1 heterocycles. The molecule has 2 fully saturated rings. The van der Waals surface area contributed by atoms with E-state index in [9.17, 15) is 9.18 Å². The number of carbonyl (C=O) groups excluding carboxylic acids is 1. The lowest BCUT2D eigenvalue weighted by Gasteiger charge is -2.33. The number of carbonyl (C=O) groups is 1. The maximum atomic E-state index is 13.1. The summed E-state index contributed by atoms with van der Waals surface area (Å²) in [5.74, 6) is -0.400. The van der Waals surface area contributed by atoms with Gasteiger partial charge in [0.1, 0.15) is 5.82 Å². The number of hydrogen-bond donors (Lipinski definition) is 1. The number of ether oxygens (including phenoxy) is 2. The molecule has 1 unspecified atom stereocenters. The van der Waals surface area contributed by atoms with Gasteiger partial charge in [-0.25, -0.2) is 4.39 Å². The number of halogens is 1. The van der Waals surface area contributed by atoms with E-state index in [4.69, 9.17) is 9.47 Å². The van der Waals surface area contributed by atoms with Crippen molar-refractivity contribution < 1.29 is 18.7 Å². The molecule has 2 aliphatic rings. The van der Waals surface area contributed by atoms with Crippen LogP contribution in [-0.2, 0) is 19.8 Å². The number of amides is 1. The van der Waals surface area contributed by atoms with Crippen LogP contribution in [0, 0.1) is 5.82 Å². The van der Waals surface area contributed by atoms with Gasteiger partial charge in [-0.1, -0.05) is 25.0 Å². The maximum Gasteiger partial charge on any atom is 0.252 e. The monoisotopic (exact) mass is 293 g/mol. The van der Waals surface area contributed by atoms with Gasteiger partial charge in [0.15, 0.2) is 6.10 Å². The van der Waals surface area contributed by atoms with Gasteiger partial charge in [0.2, 0.25) is 0 Å². The van der Waals surface area contributed by atoms with E-state index in [-0.39, 0.29) is 11.7 Å². The number of hydrogen-bond acceptors (Lipinski definition) is 3. The van der Waals surface area contributed by atoms with E-state index in [1.807, 2.05) is 0 Å². The predicted molar refractivity (Wildman–Crippen MR) is 75.2 cm³/mol. The molecule has 1 aliphatic heterocycles.